The van der Waals surface area contributed by atoms with Crippen molar-refractivity contribution >= 4 is 40.0 Å². The van der Waals surface area contributed by atoms with Gasteiger partial charge in [-0.1, -0.05) is 30.5 Å². The Morgan fingerprint density at radius 3 is 2.75 bits per heavy atom. The lowest BCUT2D eigenvalue weighted by Crippen LogP contribution is -2.25. The molecular formula is C20H23ClN6O. The van der Waals surface area contributed by atoms with Crippen LogP contribution in [0.5, 0.6) is 0 Å². The molecule has 2 aromatic heterocycles. The third-order valence-corrected chi connectivity index (χ3v) is 5.56. The van der Waals surface area contributed by atoms with Gasteiger partial charge in [0.15, 0.2) is 5.65 Å². The summed E-state index contributed by atoms with van der Waals surface area (Å²) >= 11 is 6.13. The maximum absolute atomic E-state index is 12.6. The van der Waals surface area contributed by atoms with Crippen molar-refractivity contribution in [3.8, 4) is 0 Å². The van der Waals surface area contributed by atoms with E-state index in [2.05, 4.69) is 25.3 Å². The summed E-state index contributed by atoms with van der Waals surface area (Å²) in [6.07, 6.45) is 8.16. The van der Waals surface area contributed by atoms with Crippen molar-refractivity contribution in [1.29, 1.82) is 0 Å². The molecule has 3 heterocycles. The summed E-state index contributed by atoms with van der Waals surface area (Å²) in [4.78, 5) is 23.7. The van der Waals surface area contributed by atoms with E-state index in [1.54, 1.807) is 23.3 Å². The Morgan fingerprint density at radius 2 is 1.96 bits per heavy atom. The topological polar surface area (TPSA) is 75.9 Å². The number of amides is 1. The fraction of sp³-hybridized carbons (Fsp3) is 0.400. The Morgan fingerprint density at radius 1 is 1.18 bits per heavy atom. The minimum absolute atomic E-state index is 0.0753. The van der Waals surface area contributed by atoms with Gasteiger partial charge < -0.3 is 10.2 Å². The molecule has 28 heavy (non-hydrogen) atoms. The maximum Gasteiger partial charge on any atom is 0.246 e. The van der Waals surface area contributed by atoms with Crippen molar-refractivity contribution in [3.05, 3.63) is 41.3 Å². The molecule has 1 fully saturated rings. The Balaban J connectivity index is 1.55. The first-order valence-corrected chi connectivity index (χ1v) is 9.98. The summed E-state index contributed by atoms with van der Waals surface area (Å²) in [5, 5.41) is 8.81. The number of aromatic nitrogens is 4. The molecule has 0 radical (unpaired) electrons. The highest BCUT2D eigenvalue weighted by molar-refractivity contribution is 6.31. The number of rotatable bonds is 4. The molecule has 7 nitrogen and oxygen atoms in total. The van der Waals surface area contributed by atoms with E-state index in [4.69, 9.17) is 11.6 Å². The number of halogens is 1. The van der Waals surface area contributed by atoms with E-state index in [9.17, 15) is 4.79 Å². The summed E-state index contributed by atoms with van der Waals surface area (Å²) in [6, 6.07) is 5.45. The quantitative estimate of drug-likeness (QED) is 0.723. The van der Waals surface area contributed by atoms with Gasteiger partial charge in [0, 0.05) is 23.8 Å². The highest BCUT2D eigenvalue weighted by Crippen LogP contribution is 2.26. The van der Waals surface area contributed by atoms with Gasteiger partial charge in [0.05, 0.1) is 11.6 Å². The van der Waals surface area contributed by atoms with Crippen LogP contribution < -0.4 is 10.2 Å². The number of carbonyl (C=O) groups is 1. The van der Waals surface area contributed by atoms with Crippen LogP contribution in [0.3, 0.4) is 0 Å². The van der Waals surface area contributed by atoms with E-state index in [1.807, 2.05) is 19.1 Å². The van der Waals surface area contributed by atoms with Crippen LogP contribution in [-0.2, 0) is 11.3 Å². The van der Waals surface area contributed by atoms with Crippen LogP contribution in [0.1, 0.15) is 31.2 Å². The van der Waals surface area contributed by atoms with Crippen molar-refractivity contribution in [3.63, 3.8) is 0 Å². The van der Waals surface area contributed by atoms with Crippen molar-refractivity contribution in [2.24, 2.45) is 0 Å². The number of anilines is 2. The zero-order chi connectivity index (χ0) is 19.5. The van der Waals surface area contributed by atoms with Gasteiger partial charge in [0.2, 0.25) is 5.91 Å². The van der Waals surface area contributed by atoms with Gasteiger partial charge in [-0.3, -0.25) is 4.79 Å². The van der Waals surface area contributed by atoms with Gasteiger partial charge in [0.1, 0.15) is 18.7 Å². The van der Waals surface area contributed by atoms with Gasteiger partial charge in [-0.2, -0.15) is 5.10 Å². The molecule has 1 aromatic carbocycles. The Kier molecular flexibility index (Phi) is 5.43. The number of hydrogen-bond donors (Lipinski definition) is 1. The second-order valence-corrected chi connectivity index (χ2v) is 7.51. The van der Waals surface area contributed by atoms with E-state index in [-0.39, 0.29) is 12.5 Å². The predicted octanol–water partition coefficient (Wildman–Crippen LogP) is 3.81. The third kappa shape index (κ3) is 3.80. The SMILES string of the molecule is Cc1c(Cl)cccc1NC(=O)Cn1ncc2c(N3CCCCCC3)ncnc21. The second kappa shape index (κ2) is 8.14. The first-order valence-electron chi connectivity index (χ1n) is 9.60. The molecule has 1 aliphatic rings. The van der Waals surface area contributed by atoms with Crippen molar-refractivity contribution in [2.75, 3.05) is 23.3 Å². The van der Waals surface area contributed by atoms with Gasteiger partial charge in [-0.05, 0) is 37.5 Å². The van der Waals surface area contributed by atoms with Gasteiger partial charge in [-0.25, -0.2) is 14.6 Å². The molecule has 0 unspecified atom stereocenters. The number of nitrogens with one attached hydrogen (secondary N) is 1. The fourth-order valence-electron chi connectivity index (χ4n) is 3.60. The second-order valence-electron chi connectivity index (χ2n) is 7.10. The van der Waals surface area contributed by atoms with E-state index < -0.39 is 0 Å². The zero-order valence-electron chi connectivity index (χ0n) is 15.9. The van der Waals surface area contributed by atoms with Crippen LogP contribution in [0.4, 0.5) is 11.5 Å². The summed E-state index contributed by atoms with van der Waals surface area (Å²) < 4.78 is 1.62. The standard InChI is InChI=1S/C20H23ClN6O/c1-14-16(21)7-6-8-17(14)25-18(28)12-27-20-15(11-24-27)19(22-13-23-20)26-9-4-2-3-5-10-26/h6-8,11,13H,2-5,9-10,12H2,1H3,(H,25,28). The average Bonchev–Trinajstić information content (AvgIpc) is 2.91. The molecular weight excluding hydrogens is 376 g/mol. The number of carbonyl (C=O) groups excluding carboxylic acids is 1. The molecule has 0 spiro atoms. The van der Waals surface area contributed by atoms with Crippen LogP contribution in [0.15, 0.2) is 30.7 Å². The molecule has 0 bridgehead atoms. The molecule has 3 aromatic rings. The van der Waals surface area contributed by atoms with Crippen LogP contribution in [0.2, 0.25) is 5.02 Å². The molecule has 1 N–H and O–H groups in total. The fourth-order valence-corrected chi connectivity index (χ4v) is 3.77. The van der Waals surface area contributed by atoms with Crippen molar-refractivity contribution < 1.29 is 4.79 Å². The van der Waals surface area contributed by atoms with Crippen LogP contribution in [0.25, 0.3) is 11.0 Å². The lowest BCUT2D eigenvalue weighted by Gasteiger charge is -2.21. The Hall–Kier alpha value is -2.67. The number of hydrogen-bond acceptors (Lipinski definition) is 5. The van der Waals surface area contributed by atoms with Crippen molar-refractivity contribution in [2.45, 2.75) is 39.2 Å². The molecule has 8 heteroatoms. The zero-order valence-corrected chi connectivity index (χ0v) is 16.6. The molecule has 0 atom stereocenters. The molecule has 1 saturated heterocycles. The van der Waals surface area contributed by atoms with Crippen LogP contribution in [-0.4, -0.2) is 38.7 Å². The van der Waals surface area contributed by atoms with E-state index in [0.29, 0.717) is 16.4 Å². The molecule has 146 valence electrons. The largest absolute Gasteiger partial charge is 0.356 e. The van der Waals surface area contributed by atoms with Crippen molar-refractivity contribution in [1.82, 2.24) is 19.7 Å². The lowest BCUT2D eigenvalue weighted by molar-refractivity contribution is -0.116. The normalized spacial score (nSPS) is 14.9. The van der Waals surface area contributed by atoms with E-state index in [1.165, 1.54) is 25.7 Å². The number of nitrogens with zero attached hydrogens (tertiary/aromatic N) is 5. The first kappa shape index (κ1) is 18.7. The first-order chi connectivity index (χ1) is 13.6. The van der Waals surface area contributed by atoms with Gasteiger partial charge in [0.25, 0.3) is 0 Å². The smallest absolute Gasteiger partial charge is 0.246 e. The predicted molar refractivity (Wildman–Crippen MR) is 111 cm³/mol. The highest BCUT2D eigenvalue weighted by Gasteiger charge is 2.18. The Labute approximate surface area is 168 Å². The Bertz CT molecular complexity index is 994. The summed E-state index contributed by atoms with van der Waals surface area (Å²) in [6.45, 7) is 3.94. The van der Waals surface area contributed by atoms with Crippen LogP contribution >= 0.6 is 11.6 Å². The third-order valence-electron chi connectivity index (χ3n) is 5.15. The van der Waals surface area contributed by atoms with E-state index in [0.717, 1.165) is 29.9 Å². The molecule has 0 aliphatic carbocycles. The minimum atomic E-state index is -0.176. The summed E-state index contributed by atoms with van der Waals surface area (Å²) in [5.74, 6) is 0.731. The number of benzene rings is 1. The van der Waals surface area contributed by atoms with E-state index >= 15 is 0 Å². The number of fused-ring (bicyclic) bond motifs is 1. The summed E-state index contributed by atoms with van der Waals surface area (Å²) in [7, 11) is 0. The monoisotopic (exact) mass is 398 g/mol. The maximum atomic E-state index is 12.6. The average molecular weight is 399 g/mol. The molecule has 1 amide bonds. The molecule has 0 saturated carbocycles. The molecule has 1 aliphatic heterocycles. The minimum Gasteiger partial charge on any atom is -0.356 e. The lowest BCUT2D eigenvalue weighted by atomic mass is 10.2. The van der Waals surface area contributed by atoms with Gasteiger partial charge in [-0.15, -0.1) is 0 Å². The van der Waals surface area contributed by atoms with Gasteiger partial charge >= 0.3 is 0 Å². The molecule has 4 rings (SSSR count). The highest BCUT2D eigenvalue weighted by atomic mass is 35.5. The van der Waals surface area contributed by atoms with Crippen LogP contribution in [0, 0.1) is 6.92 Å². The summed E-state index contributed by atoms with van der Waals surface area (Å²) in [5.41, 5.74) is 2.22.